The van der Waals surface area contributed by atoms with Gasteiger partial charge in [0.15, 0.2) is 0 Å². The van der Waals surface area contributed by atoms with Crippen LogP contribution >= 0.6 is 0 Å². The minimum atomic E-state index is 0.137. The van der Waals surface area contributed by atoms with Crippen molar-refractivity contribution in [3.63, 3.8) is 0 Å². The summed E-state index contributed by atoms with van der Waals surface area (Å²) in [6.07, 6.45) is 5.06. The Bertz CT molecular complexity index is 201. The van der Waals surface area contributed by atoms with Gasteiger partial charge in [-0.25, -0.2) is 0 Å². The van der Waals surface area contributed by atoms with Gasteiger partial charge in [-0.15, -0.1) is 0 Å². The Morgan fingerprint density at radius 3 is 2.67 bits per heavy atom. The summed E-state index contributed by atoms with van der Waals surface area (Å²) in [4.78, 5) is 0. The molecule has 0 radical (unpaired) electrons. The van der Waals surface area contributed by atoms with E-state index < -0.39 is 0 Å². The van der Waals surface area contributed by atoms with Crippen LogP contribution < -0.4 is 0 Å². The molecular weight excluding hydrogens is 192 g/mol. The zero-order valence-corrected chi connectivity index (χ0v) is 9.70. The smallest absolute Gasteiger partial charge is 0.137 e. The largest absolute Gasteiger partial charge is 0.493 e. The molecule has 0 aliphatic rings. The second-order valence-corrected chi connectivity index (χ2v) is 3.48. The molecule has 0 fully saturated rings. The van der Waals surface area contributed by atoms with Gasteiger partial charge in [0.2, 0.25) is 0 Å². The second-order valence-electron chi connectivity index (χ2n) is 3.48. The van der Waals surface area contributed by atoms with Gasteiger partial charge in [-0.2, -0.15) is 0 Å². The van der Waals surface area contributed by atoms with Crippen molar-refractivity contribution in [2.45, 2.75) is 32.6 Å². The van der Waals surface area contributed by atoms with Crippen LogP contribution in [0.3, 0.4) is 0 Å². The van der Waals surface area contributed by atoms with Crippen LogP contribution in [0.5, 0.6) is 0 Å². The topological polar surface area (TPSA) is 49.7 Å². The first-order valence-electron chi connectivity index (χ1n) is 5.48. The van der Waals surface area contributed by atoms with Gasteiger partial charge in [0, 0.05) is 19.6 Å². The zero-order chi connectivity index (χ0) is 11.5. The molecule has 0 aromatic carbocycles. The van der Waals surface area contributed by atoms with Crippen molar-refractivity contribution < 1.29 is 14.9 Å². The van der Waals surface area contributed by atoms with Gasteiger partial charge in [0.05, 0.1) is 7.11 Å². The van der Waals surface area contributed by atoms with Crippen LogP contribution in [-0.4, -0.2) is 30.5 Å². The van der Waals surface area contributed by atoms with Crippen LogP contribution in [-0.2, 0) is 4.74 Å². The number of aliphatic hydroxyl groups excluding tert-OH is 2. The molecule has 0 aliphatic carbocycles. The van der Waals surface area contributed by atoms with E-state index in [9.17, 15) is 0 Å². The van der Waals surface area contributed by atoms with Crippen molar-refractivity contribution in [1.29, 1.82) is 0 Å². The predicted octanol–water partition coefficient (Wildman–Crippen LogP) is 1.85. The lowest BCUT2D eigenvalue weighted by Gasteiger charge is -2.11. The molecule has 0 amide bonds. The fraction of sp³-hybridized carbons (Fsp3) is 0.750. The molecular formula is C12H22O3. The van der Waals surface area contributed by atoms with Crippen molar-refractivity contribution in [2.75, 3.05) is 20.3 Å². The first-order valence-corrected chi connectivity index (χ1v) is 5.48. The maximum Gasteiger partial charge on any atom is 0.137 e. The van der Waals surface area contributed by atoms with E-state index >= 15 is 0 Å². The fourth-order valence-corrected chi connectivity index (χ4v) is 1.24. The summed E-state index contributed by atoms with van der Waals surface area (Å²) < 4.78 is 5.15. The lowest BCUT2D eigenvalue weighted by molar-refractivity contribution is 0.203. The van der Waals surface area contributed by atoms with Gasteiger partial charge >= 0.3 is 0 Å². The molecule has 15 heavy (non-hydrogen) atoms. The highest BCUT2D eigenvalue weighted by atomic mass is 16.5. The molecule has 0 heterocycles. The molecule has 0 aliphatic heterocycles. The van der Waals surface area contributed by atoms with E-state index in [1.807, 2.05) is 0 Å². The highest BCUT2D eigenvalue weighted by Gasteiger charge is 2.05. The molecule has 88 valence electrons. The molecule has 0 saturated carbocycles. The van der Waals surface area contributed by atoms with E-state index in [4.69, 9.17) is 14.9 Å². The normalized spacial score (nSPS) is 11.7. The molecule has 3 heteroatoms. The van der Waals surface area contributed by atoms with Crippen LogP contribution in [0.1, 0.15) is 32.6 Å². The summed E-state index contributed by atoms with van der Waals surface area (Å²) in [6, 6.07) is 0. The van der Waals surface area contributed by atoms with Crippen LogP contribution in [0.25, 0.3) is 0 Å². The van der Waals surface area contributed by atoms with Crippen molar-refractivity contribution in [2.24, 2.45) is 5.92 Å². The average Bonchev–Trinajstić information content (AvgIpc) is 2.28. The van der Waals surface area contributed by atoms with E-state index in [1.165, 1.54) is 0 Å². The fourth-order valence-electron chi connectivity index (χ4n) is 1.24. The first-order chi connectivity index (χ1) is 7.28. The maximum atomic E-state index is 9.01. The van der Waals surface area contributed by atoms with E-state index in [0.29, 0.717) is 12.3 Å². The number of rotatable bonds is 8. The summed E-state index contributed by atoms with van der Waals surface area (Å²) in [6.45, 7) is 2.44. The van der Waals surface area contributed by atoms with Gasteiger partial charge in [-0.3, -0.25) is 0 Å². The van der Waals surface area contributed by atoms with Crippen LogP contribution in [0.15, 0.2) is 17.6 Å². The third kappa shape index (κ3) is 7.20. The Hall–Kier alpha value is -0.760. The predicted molar refractivity (Wildman–Crippen MR) is 60.4 cm³/mol. The van der Waals surface area contributed by atoms with Gasteiger partial charge in [-0.05, 0) is 24.8 Å². The van der Waals surface area contributed by atoms with Crippen molar-refractivity contribution in [3.8, 4) is 0 Å². The number of aliphatic hydroxyl groups is 2. The van der Waals surface area contributed by atoms with Crippen molar-refractivity contribution in [3.05, 3.63) is 17.6 Å². The molecule has 1 unspecified atom stereocenters. The highest BCUT2D eigenvalue weighted by Crippen LogP contribution is 2.14. The van der Waals surface area contributed by atoms with Gasteiger partial charge in [0.1, 0.15) is 5.76 Å². The third-order valence-corrected chi connectivity index (χ3v) is 2.40. The lowest BCUT2D eigenvalue weighted by Crippen LogP contribution is -2.04. The Morgan fingerprint density at radius 1 is 1.47 bits per heavy atom. The van der Waals surface area contributed by atoms with Gasteiger partial charge in [-0.1, -0.05) is 19.1 Å². The minimum Gasteiger partial charge on any atom is -0.493 e. The van der Waals surface area contributed by atoms with Crippen molar-refractivity contribution >= 4 is 0 Å². The summed E-state index contributed by atoms with van der Waals surface area (Å²) in [5, 5.41) is 17.6. The van der Waals surface area contributed by atoms with Crippen LogP contribution in [0.2, 0.25) is 0 Å². The van der Waals surface area contributed by atoms with E-state index in [0.717, 1.165) is 25.0 Å². The molecule has 2 N–H and O–H groups in total. The quantitative estimate of drug-likeness (QED) is 0.479. The average molecular weight is 214 g/mol. The van der Waals surface area contributed by atoms with Gasteiger partial charge in [0.25, 0.3) is 0 Å². The number of methoxy groups -OCH3 is 1. The first kappa shape index (κ1) is 14.2. The summed E-state index contributed by atoms with van der Waals surface area (Å²) in [7, 11) is 1.62. The standard InChI is InChI=1S/C12H22O3/c1-3-11(10-14)7-8-12(15-2)6-4-5-9-13/h4,11,13-14H,3,5,7-10H2,1-2H3. The number of hydrogen-bond acceptors (Lipinski definition) is 3. The molecule has 0 rings (SSSR count). The minimum absolute atomic E-state index is 0.137. The molecule has 0 spiro atoms. The molecule has 0 aromatic rings. The maximum absolute atomic E-state index is 9.01. The van der Waals surface area contributed by atoms with E-state index in [-0.39, 0.29) is 13.2 Å². The van der Waals surface area contributed by atoms with E-state index in [2.05, 4.69) is 12.7 Å². The van der Waals surface area contributed by atoms with Crippen LogP contribution in [0.4, 0.5) is 0 Å². The molecule has 0 aromatic heterocycles. The highest BCUT2D eigenvalue weighted by molar-refractivity contribution is 4.94. The third-order valence-electron chi connectivity index (χ3n) is 2.40. The number of ether oxygens (including phenoxy) is 1. The van der Waals surface area contributed by atoms with Crippen LogP contribution in [0, 0.1) is 5.92 Å². The van der Waals surface area contributed by atoms with Gasteiger partial charge < -0.3 is 14.9 Å². The Morgan fingerprint density at radius 2 is 2.20 bits per heavy atom. The Kier molecular flexibility index (Phi) is 9.29. The SMILES string of the molecule is CCC(CO)CCC(=C=CCCO)OC. The van der Waals surface area contributed by atoms with E-state index in [1.54, 1.807) is 13.2 Å². The zero-order valence-electron chi connectivity index (χ0n) is 9.70. The summed E-state index contributed by atoms with van der Waals surface area (Å²) in [5.74, 6) is 1.13. The lowest BCUT2D eigenvalue weighted by atomic mass is 10.0. The Balaban J connectivity index is 4.04. The summed E-state index contributed by atoms with van der Waals surface area (Å²) >= 11 is 0. The Labute approximate surface area is 92.1 Å². The number of hydrogen-bond donors (Lipinski definition) is 2. The molecule has 3 nitrogen and oxygen atoms in total. The molecule has 0 bridgehead atoms. The molecule has 1 atom stereocenters. The van der Waals surface area contributed by atoms with Crippen molar-refractivity contribution in [1.82, 2.24) is 0 Å². The summed E-state index contributed by atoms with van der Waals surface area (Å²) in [5.41, 5.74) is 3.00. The molecule has 0 saturated heterocycles. The second kappa shape index (κ2) is 9.78. The monoisotopic (exact) mass is 214 g/mol.